The lowest BCUT2D eigenvalue weighted by atomic mass is 10.1. The number of imidazole rings is 1. The fourth-order valence-corrected chi connectivity index (χ4v) is 1.11. The van der Waals surface area contributed by atoms with E-state index < -0.39 is 5.92 Å². The van der Waals surface area contributed by atoms with Crippen molar-refractivity contribution < 1.29 is 8.78 Å². The third-order valence-electron chi connectivity index (χ3n) is 1.65. The van der Waals surface area contributed by atoms with Crippen LogP contribution in [0.2, 0.25) is 0 Å². The third kappa shape index (κ3) is 1.04. The third-order valence-corrected chi connectivity index (χ3v) is 1.65. The molecule has 1 heterocycles. The summed E-state index contributed by atoms with van der Waals surface area (Å²) in [5.41, 5.74) is 1.13. The highest BCUT2D eigenvalue weighted by atomic mass is 19.3. The molecule has 1 N–H and O–H groups in total. The number of fused-ring (bicyclic) bond motifs is 1. The van der Waals surface area contributed by atoms with E-state index in [9.17, 15) is 8.78 Å². The standard InChI is InChI=1S/C7H6F2N2/c8-7(9)2-1-5-6(3-7)11-4-10-5/h1-2,4H,3H2,(H,10,11). The molecule has 2 nitrogen and oxygen atoms in total. The molecule has 0 aliphatic heterocycles. The van der Waals surface area contributed by atoms with Gasteiger partial charge in [0.15, 0.2) is 0 Å². The molecule has 58 valence electrons. The first-order chi connectivity index (χ1) is 5.17. The number of aromatic amines is 1. The van der Waals surface area contributed by atoms with Crippen LogP contribution in [0.1, 0.15) is 11.4 Å². The van der Waals surface area contributed by atoms with Crippen LogP contribution in [0.5, 0.6) is 0 Å². The highest BCUT2D eigenvalue weighted by molar-refractivity contribution is 5.52. The molecule has 1 aromatic rings. The van der Waals surface area contributed by atoms with Gasteiger partial charge in [-0.1, -0.05) is 0 Å². The molecule has 2 rings (SSSR count). The van der Waals surface area contributed by atoms with E-state index in [0.717, 1.165) is 6.08 Å². The number of nitrogens with zero attached hydrogens (tertiary/aromatic N) is 1. The quantitative estimate of drug-likeness (QED) is 0.607. The maximum atomic E-state index is 12.6. The summed E-state index contributed by atoms with van der Waals surface area (Å²) in [7, 11) is 0. The summed E-state index contributed by atoms with van der Waals surface area (Å²) in [6.45, 7) is 0. The van der Waals surface area contributed by atoms with Crippen molar-refractivity contribution >= 4 is 6.08 Å². The van der Waals surface area contributed by atoms with E-state index >= 15 is 0 Å². The molecule has 4 heteroatoms. The fourth-order valence-electron chi connectivity index (χ4n) is 1.11. The van der Waals surface area contributed by atoms with Crippen LogP contribution in [0.15, 0.2) is 12.4 Å². The number of alkyl halides is 2. The number of halogens is 2. The number of H-pyrrole nitrogens is 1. The molecular formula is C7H6F2N2. The Balaban J connectivity index is 2.44. The molecule has 0 atom stereocenters. The summed E-state index contributed by atoms with van der Waals surface area (Å²) in [6, 6.07) is 0. The largest absolute Gasteiger partial charge is 0.348 e. The van der Waals surface area contributed by atoms with Crippen LogP contribution in [0.3, 0.4) is 0 Å². The normalized spacial score (nSPS) is 19.8. The second-order valence-electron chi connectivity index (χ2n) is 2.54. The zero-order valence-corrected chi connectivity index (χ0v) is 5.64. The number of rotatable bonds is 0. The number of hydrogen-bond donors (Lipinski definition) is 1. The number of allylic oxidation sites excluding steroid dienone is 1. The predicted octanol–water partition coefficient (Wildman–Crippen LogP) is 1.61. The molecule has 11 heavy (non-hydrogen) atoms. The van der Waals surface area contributed by atoms with Gasteiger partial charge in [-0.3, -0.25) is 0 Å². The Morgan fingerprint density at radius 1 is 1.55 bits per heavy atom. The lowest BCUT2D eigenvalue weighted by molar-refractivity contribution is 0.0543. The number of hydrogen-bond acceptors (Lipinski definition) is 1. The SMILES string of the molecule is FC1(F)C=Cc2nc[nH]c2C1. The highest BCUT2D eigenvalue weighted by Gasteiger charge is 2.30. The Kier molecular flexibility index (Phi) is 1.13. The van der Waals surface area contributed by atoms with E-state index in [-0.39, 0.29) is 6.42 Å². The maximum absolute atomic E-state index is 12.6. The van der Waals surface area contributed by atoms with E-state index in [1.165, 1.54) is 12.4 Å². The van der Waals surface area contributed by atoms with Gasteiger partial charge in [-0.2, -0.15) is 0 Å². The van der Waals surface area contributed by atoms with Crippen LogP contribution < -0.4 is 0 Å². The van der Waals surface area contributed by atoms with Gasteiger partial charge in [0.1, 0.15) is 0 Å². The van der Waals surface area contributed by atoms with Crippen LogP contribution in [0.4, 0.5) is 8.78 Å². The molecular weight excluding hydrogens is 150 g/mol. The summed E-state index contributed by atoms with van der Waals surface area (Å²) in [5, 5.41) is 0. The van der Waals surface area contributed by atoms with Crippen LogP contribution in [0, 0.1) is 0 Å². The van der Waals surface area contributed by atoms with Crippen molar-refractivity contribution in [3.8, 4) is 0 Å². The molecule has 0 bridgehead atoms. The van der Waals surface area contributed by atoms with Gasteiger partial charge in [0, 0.05) is 5.69 Å². The molecule has 0 saturated heterocycles. The number of aromatic nitrogens is 2. The molecule has 1 aliphatic rings. The van der Waals surface area contributed by atoms with Gasteiger partial charge in [0.2, 0.25) is 0 Å². The molecule has 1 aliphatic carbocycles. The van der Waals surface area contributed by atoms with Gasteiger partial charge in [-0.25, -0.2) is 13.8 Å². The van der Waals surface area contributed by atoms with Crippen molar-refractivity contribution in [3.63, 3.8) is 0 Å². The van der Waals surface area contributed by atoms with Gasteiger partial charge in [-0.05, 0) is 12.2 Å². The summed E-state index contributed by atoms with van der Waals surface area (Å²) < 4.78 is 25.3. The predicted molar refractivity (Wildman–Crippen MR) is 36.3 cm³/mol. The first-order valence-electron chi connectivity index (χ1n) is 3.27. The lowest BCUT2D eigenvalue weighted by Gasteiger charge is -2.14. The molecule has 0 aromatic carbocycles. The molecule has 0 saturated carbocycles. The van der Waals surface area contributed by atoms with E-state index in [1.807, 2.05) is 0 Å². The first-order valence-corrected chi connectivity index (χ1v) is 3.27. The Hall–Kier alpha value is -1.19. The molecule has 0 spiro atoms. The van der Waals surface area contributed by atoms with Crippen molar-refractivity contribution in [2.75, 3.05) is 0 Å². The van der Waals surface area contributed by atoms with Crippen LogP contribution in [-0.2, 0) is 6.42 Å². The Bertz CT molecular complexity index is 301. The highest BCUT2D eigenvalue weighted by Crippen LogP contribution is 2.27. The van der Waals surface area contributed by atoms with Gasteiger partial charge >= 0.3 is 0 Å². The minimum atomic E-state index is -2.71. The van der Waals surface area contributed by atoms with Crippen molar-refractivity contribution in [2.24, 2.45) is 0 Å². The second kappa shape index (κ2) is 1.90. The fraction of sp³-hybridized carbons (Fsp3) is 0.286. The molecule has 1 aromatic heterocycles. The molecule has 0 radical (unpaired) electrons. The van der Waals surface area contributed by atoms with Crippen LogP contribution in [-0.4, -0.2) is 15.9 Å². The van der Waals surface area contributed by atoms with Crippen LogP contribution >= 0.6 is 0 Å². The minimum absolute atomic E-state index is 0.265. The minimum Gasteiger partial charge on any atom is -0.348 e. The smallest absolute Gasteiger partial charge is 0.272 e. The van der Waals surface area contributed by atoms with Crippen molar-refractivity contribution in [1.82, 2.24) is 9.97 Å². The van der Waals surface area contributed by atoms with E-state index in [1.54, 1.807) is 0 Å². The molecule has 0 unspecified atom stereocenters. The average molecular weight is 156 g/mol. The lowest BCUT2D eigenvalue weighted by Crippen LogP contribution is -2.19. The Morgan fingerprint density at radius 2 is 2.36 bits per heavy atom. The maximum Gasteiger partial charge on any atom is 0.272 e. The first kappa shape index (κ1) is 6.52. The summed E-state index contributed by atoms with van der Waals surface area (Å²) in [6.07, 6.45) is 3.39. The summed E-state index contributed by atoms with van der Waals surface area (Å²) >= 11 is 0. The molecule has 0 fully saturated rings. The van der Waals surface area contributed by atoms with E-state index in [4.69, 9.17) is 0 Å². The van der Waals surface area contributed by atoms with Gasteiger partial charge < -0.3 is 4.98 Å². The summed E-state index contributed by atoms with van der Waals surface area (Å²) in [4.78, 5) is 6.52. The second-order valence-corrected chi connectivity index (χ2v) is 2.54. The van der Waals surface area contributed by atoms with Gasteiger partial charge in [-0.15, -0.1) is 0 Å². The zero-order valence-electron chi connectivity index (χ0n) is 5.64. The van der Waals surface area contributed by atoms with E-state index in [2.05, 4.69) is 9.97 Å². The van der Waals surface area contributed by atoms with Crippen molar-refractivity contribution in [3.05, 3.63) is 23.8 Å². The average Bonchev–Trinajstić information content (AvgIpc) is 2.31. The Morgan fingerprint density at radius 3 is 3.18 bits per heavy atom. The van der Waals surface area contributed by atoms with Crippen LogP contribution in [0.25, 0.3) is 6.08 Å². The molecule has 0 amide bonds. The van der Waals surface area contributed by atoms with Crippen molar-refractivity contribution in [2.45, 2.75) is 12.3 Å². The summed E-state index contributed by atoms with van der Waals surface area (Å²) in [5.74, 6) is -2.71. The van der Waals surface area contributed by atoms with Gasteiger partial charge in [0.05, 0.1) is 18.4 Å². The topological polar surface area (TPSA) is 28.7 Å². The Labute approximate surface area is 62.0 Å². The number of nitrogens with one attached hydrogen (secondary N) is 1. The van der Waals surface area contributed by atoms with Gasteiger partial charge in [0.25, 0.3) is 5.92 Å². The zero-order chi connectivity index (χ0) is 7.90. The van der Waals surface area contributed by atoms with Crippen molar-refractivity contribution in [1.29, 1.82) is 0 Å². The monoisotopic (exact) mass is 156 g/mol. The van der Waals surface area contributed by atoms with E-state index in [0.29, 0.717) is 11.4 Å².